The predicted molar refractivity (Wildman–Crippen MR) is 70.6 cm³/mol. The van der Waals surface area contributed by atoms with Crippen LogP contribution in [0.25, 0.3) is 0 Å². The summed E-state index contributed by atoms with van der Waals surface area (Å²) in [6.07, 6.45) is 0. The number of alkyl halides is 1. The van der Waals surface area contributed by atoms with E-state index in [0.29, 0.717) is 0 Å². The van der Waals surface area contributed by atoms with Gasteiger partial charge in [0, 0.05) is 5.88 Å². The Morgan fingerprint density at radius 2 is 2.11 bits per heavy atom. The van der Waals surface area contributed by atoms with E-state index in [4.69, 9.17) is 11.6 Å². The second kappa shape index (κ2) is 6.06. The number of rotatable bonds is 5. The lowest BCUT2D eigenvalue weighted by molar-refractivity contribution is 0.0602. The number of carbonyl (C=O) groups excluding carboxylic acids is 1. The fourth-order valence-corrected chi connectivity index (χ4v) is 2.77. The topological polar surface area (TPSA) is 72.5 Å². The monoisotopic (exact) mass is 291 g/mol. The minimum Gasteiger partial charge on any atom is -0.465 e. The first-order valence-corrected chi connectivity index (χ1v) is 7.33. The first-order chi connectivity index (χ1) is 8.39. The number of methoxy groups -OCH3 is 1. The molecule has 0 saturated heterocycles. The van der Waals surface area contributed by atoms with Gasteiger partial charge in [0.15, 0.2) is 0 Å². The molecule has 5 nitrogen and oxygen atoms in total. The quantitative estimate of drug-likeness (QED) is 0.663. The number of sulfonamides is 1. The van der Waals surface area contributed by atoms with Crippen molar-refractivity contribution in [3.05, 3.63) is 29.3 Å². The molecule has 1 rings (SSSR count). The van der Waals surface area contributed by atoms with Gasteiger partial charge in [-0.3, -0.25) is 4.72 Å². The first-order valence-electron chi connectivity index (χ1n) is 5.15. The van der Waals surface area contributed by atoms with Crippen LogP contribution in [0.15, 0.2) is 18.2 Å². The highest BCUT2D eigenvalue weighted by Crippen LogP contribution is 2.19. The molecule has 0 fully saturated rings. The van der Waals surface area contributed by atoms with Gasteiger partial charge in [-0.15, -0.1) is 11.6 Å². The maximum absolute atomic E-state index is 11.6. The Balaban J connectivity index is 3.13. The smallest absolute Gasteiger partial charge is 0.340 e. The molecular formula is C11H14ClNO4S. The third-order valence-corrected chi connectivity index (χ3v) is 3.88. The summed E-state index contributed by atoms with van der Waals surface area (Å²) in [5.74, 6) is -0.833. The number of hydrogen-bond acceptors (Lipinski definition) is 4. The molecule has 0 aliphatic carbocycles. The lowest BCUT2D eigenvalue weighted by Gasteiger charge is -2.11. The molecule has 0 amide bonds. The number of hydrogen-bond donors (Lipinski definition) is 1. The molecule has 18 heavy (non-hydrogen) atoms. The van der Waals surface area contributed by atoms with Crippen LogP contribution in [0.2, 0.25) is 0 Å². The summed E-state index contributed by atoms with van der Waals surface area (Å²) in [5, 5.41) is 0. The second-order valence-electron chi connectivity index (χ2n) is 3.65. The van der Waals surface area contributed by atoms with Crippen LogP contribution >= 0.6 is 11.6 Å². The number of ether oxygens (including phenoxy) is 1. The van der Waals surface area contributed by atoms with Crippen LogP contribution < -0.4 is 4.72 Å². The number of esters is 1. The fourth-order valence-electron chi connectivity index (χ4n) is 1.35. The molecular weight excluding hydrogens is 278 g/mol. The van der Waals surface area contributed by atoms with Crippen molar-refractivity contribution in [3.63, 3.8) is 0 Å². The highest BCUT2D eigenvalue weighted by atomic mass is 35.5. The lowest BCUT2D eigenvalue weighted by atomic mass is 10.1. The molecule has 0 aliphatic heterocycles. The van der Waals surface area contributed by atoms with Crippen molar-refractivity contribution in [3.8, 4) is 0 Å². The Morgan fingerprint density at radius 1 is 1.44 bits per heavy atom. The van der Waals surface area contributed by atoms with Crippen molar-refractivity contribution in [1.82, 2.24) is 0 Å². The number of anilines is 1. The maximum Gasteiger partial charge on any atom is 0.340 e. The number of aryl methyl sites for hydroxylation is 1. The van der Waals surface area contributed by atoms with Gasteiger partial charge in [0.25, 0.3) is 0 Å². The van der Waals surface area contributed by atoms with Crippen molar-refractivity contribution >= 4 is 33.3 Å². The van der Waals surface area contributed by atoms with E-state index in [-0.39, 0.29) is 22.9 Å². The third kappa shape index (κ3) is 3.89. The van der Waals surface area contributed by atoms with Crippen LogP contribution in [0, 0.1) is 6.92 Å². The summed E-state index contributed by atoms with van der Waals surface area (Å²) in [6, 6.07) is 4.78. The van der Waals surface area contributed by atoms with E-state index in [0.717, 1.165) is 5.56 Å². The summed E-state index contributed by atoms with van der Waals surface area (Å²) in [5.41, 5.74) is 1.20. The summed E-state index contributed by atoms with van der Waals surface area (Å²) >= 11 is 5.40. The zero-order valence-electron chi connectivity index (χ0n) is 10.1. The van der Waals surface area contributed by atoms with Crippen molar-refractivity contribution in [1.29, 1.82) is 0 Å². The fraction of sp³-hybridized carbons (Fsp3) is 0.364. The van der Waals surface area contributed by atoms with Crippen LogP contribution in [0.4, 0.5) is 5.69 Å². The van der Waals surface area contributed by atoms with E-state index in [2.05, 4.69) is 9.46 Å². The Hall–Kier alpha value is -1.27. The maximum atomic E-state index is 11.6. The number of halogens is 1. The molecule has 100 valence electrons. The zero-order valence-corrected chi connectivity index (χ0v) is 11.6. The van der Waals surface area contributed by atoms with Crippen molar-refractivity contribution < 1.29 is 17.9 Å². The van der Waals surface area contributed by atoms with Gasteiger partial charge in [-0.2, -0.15) is 0 Å². The molecule has 0 aromatic heterocycles. The van der Waals surface area contributed by atoms with Gasteiger partial charge in [-0.05, 0) is 19.1 Å². The molecule has 1 aromatic rings. The van der Waals surface area contributed by atoms with Crippen LogP contribution in [0.5, 0.6) is 0 Å². The number of nitrogens with one attached hydrogen (secondary N) is 1. The molecule has 0 aliphatic rings. The second-order valence-corrected chi connectivity index (χ2v) is 5.87. The van der Waals surface area contributed by atoms with Crippen molar-refractivity contribution in [2.45, 2.75) is 6.92 Å². The van der Waals surface area contributed by atoms with Crippen molar-refractivity contribution in [2.75, 3.05) is 23.5 Å². The third-order valence-electron chi connectivity index (χ3n) is 2.19. The molecule has 0 atom stereocenters. The van der Waals surface area contributed by atoms with E-state index in [9.17, 15) is 13.2 Å². The Morgan fingerprint density at radius 3 is 2.67 bits per heavy atom. The van der Waals surface area contributed by atoms with Crippen LogP contribution in [-0.4, -0.2) is 33.1 Å². The number of benzene rings is 1. The molecule has 0 spiro atoms. The minimum absolute atomic E-state index is 0.0191. The molecule has 0 saturated carbocycles. The lowest BCUT2D eigenvalue weighted by Crippen LogP contribution is -2.19. The molecule has 0 unspecified atom stereocenters. The number of carbonyl (C=O) groups is 1. The van der Waals surface area contributed by atoms with Gasteiger partial charge >= 0.3 is 5.97 Å². The minimum atomic E-state index is -3.55. The van der Waals surface area contributed by atoms with Gasteiger partial charge in [-0.25, -0.2) is 13.2 Å². The largest absolute Gasteiger partial charge is 0.465 e. The summed E-state index contributed by atoms with van der Waals surface area (Å²) < 4.78 is 30.1. The Bertz CT molecular complexity index is 542. The normalized spacial score (nSPS) is 11.1. The SMILES string of the molecule is COC(=O)c1cc(C)ccc1NS(=O)(=O)CCCl. The average molecular weight is 292 g/mol. The molecule has 0 radical (unpaired) electrons. The van der Waals surface area contributed by atoms with Gasteiger partial charge < -0.3 is 4.74 Å². The molecule has 0 bridgehead atoms. The van der Waals surface area contributed by atoms with Gasteiger partial charge in [-0.1, -0.05) is 11.6 Å². The Kier molecular flexibility index (Phi) is 4.98. The predicted octanol–water partition coefficient (Wildman–Crippen LogP) is 1.76. The highest BCUT2D eigenvalue weighted by Gasteiger charge is 2.17. The molecule has 0 heterocycles. The molecule has 1 N–H and O–H groups in total. The molecule has 1 aromatic carbocycles. The first kappa shape index (κ1) is 14.8. The van der Waals surface area contributed by atoms with E-state index in [1.807, 2.05) is 0 Å². The van der Waals surface area contributed by atoms with Gasteiger partial charge in [0.1, 0.15) is 0 Å². The van der Waals surface area contributed by atoms with Gasteiger partial charge in [0.2, 0.25) is 10.0 Å². The highest BCUT2D eigenvalue weighted by molar-refractivity contribution is 7.92. The average Bonchev–Trinajstić information content (AvgIpc) is 2.30. The van der Waals surface area contributed by atoms with Gasteiger partial charge in [0.05, 0.1) is 24.1 Å². The molecule has 7 heteroatoms. The summed E-state index contributed by atoms with van der Waals surface area (Å²) in [6.45, 7) is 1.80. The van der Waals surface area contributed by atoms with Crippen LogP contribution in [0.3, 0.4) is 0 Å². The summed E-state index contributed by atoms with van der Waals surface area (Å²) in [4.78, 5) is 11.5. The van der Waals surface area contributed by atoms with Crippen LogP contribution in [-0.2, 0) is 14.8 Å². The summed E-state index contributed by atoms with van der Waals surface area (Å²) in [7, 11) is -2.31. The van der Waals surface area contributed by atoms with E-state index < -0.39 is 16.0 Å². The van der Waals surface area contributed by atoms with E-state index >= 15 is 0 Å². The van der Waals surface area contributed by atoms with Crippen LogP contribution in [0.1, 0.15) is 15.9 Å². The standard InChI is InChI=1S/C11H14ClNO4S/c1-8-3-4-10(9(7-8)11(14)17-2)13-18(15,16)6-5-12/h3-4,7,13H,5-6H2,1-2H3. The van der Waals surface area contributed by atoms with E-state index in [1.165, 1.54) is 13.2 Å². The van der Waals surface area contributed by atoms with E-state index in [1.54, 1.807) is 19.1 Å². The zero-order chi connectivity index (χ0) is 13.8. The van der Waals surface area contributed by atoms with Crippen molar-refractivity contribution in [2.24, 2.45) is 0 Å². The Labute approximate surface area is 111 Å².